The average Bonchev–Trinajstić information content (AvgIpc) is 2.49. The highest BCUT2D eigenvalue weighted by Crippen LogP contribution is 2.27. The molecule has 0 unspecified atom stereocenters. The normalized spacial score (nSPS) is 25.6. The monoisotopic (exact) mass is 275 g/mol. The lowest BCUT2D eigenvalue weighted by Crippen LogP contribution is -2.31. The molecule has 0 aromatic carbocycles. The topological polar surface area (TPSA) is 37.4 Å². The summed E-state index contributed by atoms with van der Waals surface area (Å²) in [5.74, 6) is 1.63. The number of nitrogens with zero attached hydrogens (tertiary/aromatic N) is 2. The van der Waals surface area contributed by atoms with Gasteiger partial charge in [0, 0.05) is 18.2 Å². The van der Waals surface area contributed by atoms with Crippen molar-refractivity contribution in [3.8, 4) is 0 Å². The fourth-order valence-corrected chi connectivity index (χ4v) is 3.13. The van der Waals surface area contributed by atoms with E-state index in [1.54, 1.807) is 0 Å². The summed E-state index contributed by atoms with van der Waals surface area (Å²) in [4.78, 5) is 7.23. The third-order valence-corrected chi connectivity index (χ3v) is 4.42. The SMILES string of the molecule is CN1CCC(c2cccc(N[C@@H]3CCCOC3)n2)CC1. The lowest BCUT2D eigenvalue weighted by atomic mass is 9.93. The van der Waals surface area contributed by atoms with Gasteiger partial charge in [0.1, 0.15) is 5.82 Å². The van der Waals surface area contributed by atoms with Crippen LogP contribution in [0.4, 0.5) is 5.82 Å². The zero-order valence-corrected chi connectivity index (χ0v) is 12.3. The predicted octanol–water partition coefficient (Wildman–Crippen LogP) is 2.48. The van der Waals surface area contributed by atoms with Crippen LogP contribution in [0.25, 0.3) is 0 Å². The Morgan fingerprint density at radius 1 is 1.25 bits per heavy atom. The molecule has 1 atom stereocenters. The van der Waals surface area contributed by atoms with Gasteiger partial charge in [-0.3, -0.25) is 0 Å². The number of hydrogen-bond donors (Lipinski definition) is 1. The van der Waals surface area contributed by atoms with Crippen molar-refractivity contribution in [2.45, 2.75) is 37.6 Å². The molecule has 20 heavy (non-hydrogen) atoms. The van der Waals surface area contributed by atoms with Crippen molar-refractivity contribution in [1.29, 1.82) is 0 Å². The van der Waals surface area contributed by atoms with Gasteiger partial charge < -0.3 is 15.0 Å². The Labute approximate surface area is 121 Å². The van der Waals surface area contributed by atoms with Gasteiger partial charge in [0.15, 0.2) is 0 Å². The smallest absolute Gasteiger partial charge is 0.126 e. The maximum absolute atomic E-state index is 5.52. The van der Waals surface area contributed by atoms with E-state index >= 15 is 0 Å². The first-order chi connectivity index (χ1) is 9.81. The molecule has 0 radical (unpaired) electrons. The van der Waals surface area contributed by atoms with E-state index in [1.807, 2.05) is 0 Å². The van der Waals surface area contributed by atoms with Gasteiger partial charge in [-0.2, -0.15) is 0 Å². The Morgan fingerprint density at radius 2 is 2.10 bits per heavy atom. The number of aromatic nitrogens is 1. The number of pyridine rings is 1. The van der Waals surface area contributed by atoms with Gasteiger partial charge in [0.05, 0.1) is 12.6 Å². The molecule has 3 rings (SSSR count). The van der Waals surface area contributed by atoms with Crippen molar-refractivity contribution >= 4 is 5.82 Å². The summed E-state index contributed by atoms with van der Waals surface area (Å²) in [6, 6.07) is 6.81. The Morgan fingerprint density at radius 3 is 2.85 bits per heavy atom. The fraction of sp³-hybridized carbons (Fsp3) is 0.688. The third-order valence-electron chi connectivity index (χ3n) is 4.42. The standard InChI is InChI=1S/C16H25N3O/c1-19-9-7-13(8-10-19)15-5-2-6-16(18-15)17-14-4-3-11-20-12-14/h2,5-6,13-14H,3-4,7-12H2,1H3,(H,17,18)/t14-/m1/s1. The van der Waals surface area contributed by atoms with Crippen LogP contribution in [-0.2, 0) is 4.74 Å². The summed E-state index contributed by atoms with van der Waals surface area (Å²) in [7, 11) is 2.20. The van der Waals surface area contributed by atoms with Crippen molar-refractivity contribution in [2.24, 2.45) is 0 Å². The minimum Gasteiger partial charge on any atom is -0.379 e. The zero-order valence-electron chi connectivity index (χ0n) is 12.3. The van der Waals surface area contributed by atoms with E-state index < -0.39 is 0 Å². The molecule has 2 saturated heterocycles. The lowest BCUT2D eigenvalue weighted by molar-refractivity contribution is 0.0875. The second kappa shape index (κ2) is 6.55. The molecular weight excluding hydrogens is 250 g/mol. The molecule has 0 spiro atoms. The summed E-state index contributed by atoms with van der Waals surface area (Å²) in [5.41, 5.74) is 1.25. The van der Waals surface area contributed by atoms with Crippen LogP contribution in [0, 0.1) is 0 Å². The molecule has 1 N–H and O–H groups in total. The van der Waals surface area contributed by atoms with Crippen molar-refractivity contribution in [2.75, 3.05) is 38.7 Å². The molecule has 2 aliphatic heterocycles. The summed E-state index contributed by atoms with van der Waals surface area (Å²) < 4.78 is 5.52. The van der Waals surface area contributed by atoms with E-state index in [0.29, 0.717) is 12.0 Å². The Bertz CT molecular complexity index is 423. The van der Waals surface area contributed by atoms with Crippen LogP contribution in [0.5, 0.6) is 0 Å². The predicted molar refractivity (Wildman–Crippen MR) is 81.2 cm³/mol. The number of piperidine rings is 1. The van der Waals surface area contributed by atoms with Crippen LogP contribution in [0.2, 0.25) is 0 Å². The number of likely N-dealkylation sites (tertiary alicyclic amines) is 1. The van der Waals surface area contributed by atoms with Crippen LogP contribution in [0.15, 0.2) is 18.2 Å². The molecule has 0 amide bonds. The van der Waals surface area contributed by atoms with Crippen LogP contribution >= 0.6 is 0 Å². The Kier molecular flexibility index (Phi) is 4.53. The number of ether oxygens (including phenoxy) is 1. The highest BCUT2D eigenvalue weighted by Gasteiger charge is 2.20. The zero-order chi connectivity index (χ0) is 13.8. The average molecular weight is 275 g/mol. The van der Waals surface area contributed by atoms with E-state index in [-0.39, 0.29) is 0 Å². The molecule has 0 aliphatic carbocycles. The summed E-state index contributed by atoms with van der Waals surface area (Å²) in [6.45, 7) is 4.07. The molecule has 0 saturated carbocycles. The highest BCUT2D eigenvalue weighted by atomic mass is 16.5. The van der Waals surface area contributed by atoms with Gasteiger partial charge in [0.25, 0.3) is 0 Å². The summed E-state index contributed by atoms with van der Waals surface area (Å²) >= 11 is 0. The van der Waals surface area contributed by atoms with Crippen LogP contribution in [0.3, 0.4) is 0 Å². The van der Waals surface area contributed by atoms with Crippen molar-refractivity contribution in [3.63, 3.8) is 0 Å². The van der Waals surface area contributed by atoms with Gasteiger partial charge in [-0.25, -0.2) is 4.98 Å². The number of rotatable bonds is 3. The molecule has 0 bridgehead atoms. The first kappa shape index (κ1) is 13.8. The minimum absolute atomic E-state index is 0.420. The van der Waals surface area contributed by atoms with E-state index in [1.165, 1.54) is 38.0 Å². The highest BCUT2D eigenvalue weighted by molar-refractivity contribution is 5.37. The van der Waals surface area contributed by atoms with E-state index in [4.69, 9.17) is 9.72 Å². The van der Waals surface area contributed by atoms with Crippen LogP contribution in [0.1, 0.15) is 37.3 Å². The van der Waals surface area contributed by atoms with E-state index in [9.17, 15) is 0 Å². The number of anilines is 1. The first-order valence-electron chi connectivity index (χ1n) is 7.81. The molecule has 1 aromatic heterocycles. The lowest BCUT2D eigenvalue weighted by Gasteiger charge is -2.29. The van der Waals surface area contributed by atoms with Gasteiger partial charge >= 0.3 is 0 Å². The largest absolute Gasteiger partial charge is 0.379 e. The number of nitrogens with one attached hydrogen (secondary N) is 1. The molecule has 110 valence electrons. The van der Waals surface area contributed by atoms with E-state index in [2.05, 4.69) is 35.5 Å². The van der Waals surface area contributed by atoms with Crippen LogP contribution in [-0.4, -0.2) is 49.3 Å². The Hall–Kier alpha value is -1.13. The van der Waals surface area contributed by atoms with Gasteiger partial charge in [0.2, 0.25) is 0 Å². The van der Waals surface area contributed by atoms with Gasteiger partial charge in [-0.1, -0.05) is 6.07 Å². The van der Waals surface area contributed by atoms with Crippen LogP contribution < -0.4 is 5.32 Å². The first-order valence-corrected chi connectivity index (χ1v) is 7.81. The number of hydrogen-bond acceptors (Lipinski definition) is 4. The van der Waals surface area contributed by atoms with E-state index in [0.717, 1.165) is 25.5 Å². The second-order valence-corrected chi connectivity index (χ2v) is 6.08. The maximum atomic E-state index is 5.52. The van der Waals surface area contributed by atoms with Crippen molar-refractivity contribution in [3.05, 3.63) is 23.9 Å². The molecule has 2 aliphatic rings. The van der Waals surface area contributed by atoms with Crippen molar-refractivity contribution in [1.82, 2.24) is 9.88 Å². The minimum atomic E-state index is 0.420. The molecule has 2 fully saturated rings. The van der Waals surface area contributed by atoms with Gasteiger partial charge in [-0.05, 0) is 58.0 Å². The van der Waals surface area contributed by atoms with Gasteiger partial charge in [-0.15, -0.1) is 0 Å². The molecule has 3 heterocycles. The summed E-state index contributed by atoms with van der Waals surface area (Å²) in [6.07, 6.45) is 4.77. The third kappa shape index (κ3) is 3.49. The second-order valence-electron chi connectivity index (χ2n) is 6.08. The molecular formula is C16H25N3O. The fourth-order valence-electron chi connectivity index (χ4n) is 3.13. The summed E-state index contributed by atoms with van der Waals surface area (Å²) in [5, 5.41) is 3.52. The molecule has 4 nitrogen and oxygen atoms in total. The van der Waals surface area contributed by atoms with Crippen molar-refractivity contribution < 1.29 is 4.74 Å². The Balaban J connectivity index is 1.63. The molecule has 1 aromatic rings. The quantitative estimate of drug-likeness (QED) is 0.919. The molecule has 4 heteroatoms. The maximum Gasteiger partial charge on any atom is 0.126 e.